The number of rotatable bonds is 7. The van der Waals surface area contributed by atoms with E-state index in [1.807, 2.05) is 18.2 Å². The Hall–Kier alpha value is -3.68. The normalized spacial score (nSPS) is 10.3. The van der Waals surface area contributed by atoms with Crippen LogP contribution in [0.2, 0.25) is 0 Å². The molecule has 4 N–H and O–H groups in total. The van der Waals surface area contributed by atoms with Crippen molar-refractivity contribution in [1.82, 2.24) is 15.0 Å². The number of nitrogens with one attached hydrogen (secondary N) is 2. The zero-order chi connectivity index (χ0) is 19.1. The summed E-state index contributed by atoms with van der Waals surface area (Å²) in [6.07, 6.45) is 4.90. The molecule has 27 heavy (non-hydrogen) atoms. The van der Waals surface area contributed by atoms with Gasteiger partial charge in [-0.15, -0.1) is 0 Å². The molecule has 0 radical (unpaired) electrons. The number of nitrogen functional groups attached to an aromatic ring is 1. The fourth-order valence-corrected chi connectivity index (χ4v) is 2.40. The first-order valence-electron chi connectivity index (χ1n) is 8.45. The monoisotopic (exact) mass is 364 g/mol. The van der Waals surface area contributed by atoms with Crippen LogP contribution in [0, 0.1) is 0 Å². The third-order valence-corrected chi connectivity index (χ3v) is 3.70. The second kappa shape index (κ2) is 8.61. The number of nitrogens with two attached hydrogens (primary N) is 1. The van der Waals surface area contributed by atoms with E-state index in [0.717, 1.165) is 5.56 Å². The van der Waals surface area contributed by atoms with E-state index in [-0.39, 0.29) is 5.97 Å². The summed E-state index contributed by atoms with van der Waals surface area (Å²) in [4.78, 5) is 24.3. The topological polar surface area (TPSA) is 115 Å². The number of ether oxygens (including phenoxy) is 1. The molecule has 0 aliphatic heterocycles. The summed E-state index contributed by atoms with van der Waals surface area (Å²) in [5, 5.41) is 6.28. The highest BCUT2D eigenvalue weighted by Crippen LogP contribution is 2.26. The number of hydrogen-bond acceptors (Lipinski definition) is 8. The van der Waals surface area contributed by atoms with Gasteiger partial charge in [0.05, 0.1) is 12.2 Å². The lowest BCUT2D eigenvalue weighted by molar-refractivity contribution is 0.0526. The zero-order valence-electron chi connectivity index (χ0n) is 14.8. The van der Waals surface area contributed by atoms with E-state index in [4.69, 9.17) is 10.5 Å². The fourth-order valence-electron chi connectivity index (χ4n) is 2.40. The van der Waals surface area contributed by atoms with Crippen LogP contribution in [0.15, 0.2) is 55.1 Å². The van der Waals surface area contributed by atoms with Crippen molar-refractivity contribution in [3.05, 3.63) is 66.2 Å². The van der Waals surface area contributed by atoms with Gasteiger partial charge < -0.3 is 21.1 Å². The van der Waals surface area contributed by atoms with Crippen LogP contribution >= 0.6 is 0 Å². The van der Waals surface area contributed by atoms with Gasteiger partial charge in [0.2, 0.25) is 0 Å². The summed E-state index contributed by atoms with van der Waals surface area (Å²) in [6, 6.07) is 10.8. The van der Waals surface area contributed by atoms with Crippen molar-refractivity contribution < 1.29 is 9.53 Å². The predicted molar refractivity (Wildman–Crippen MR) is 104 cm³/mol. The highest BCUT2D eigenvalue weighted by molar-refractivity contribution is 5.91. The smallest absolute Gasteiger partial charge is 0.338 e. The molecule has 8 heteroatoms. The second-order valence-corrected chi connectivity index (χ2v) is 5.63. The molecule has 0 spiro atoms. The molecule has 8 nitrogen and oxygen atoms in total. The van der Waals surface area contributed by atoms with Crippen molar-refractivity contribution in [2.75, 3.05) is 23.0 Å². The number of carbonyl (C=O) groups excluding carboxylic acids is 1. The third kappa shape index (κ3) is 4.69. The van der Waals surface area contributed by atoms with Crippen LogP contribution < -0.4 is 16.4 Å². The van der Waals surface area contributed by atoms with E-state index in [2.05, 4.69) is 25.6 Å². The Morgan fingerprint density at radius 2 is 2.04 bits per heavy atom. The minimum Gasteiger partial charge on any atom is -0.462 e. The highest BCUT2D eigenvalue weighted by Gasteiger charge is 2.11. The first kappa shape index (κ1) is 18.1. The average molecular weight is 364 g/mol. The van der Waals surface area contributed by atoms with Crippen LogP contribution in [-0.4, -0.2) is 27.5 Å². The quantitative estimate of drug-likeness (QED) is 0.548. The van der Waals surface area contributed by atoms with Gasteiger partial charge in [-0.3, -0.25) is 4.98 Å². The summed E-state index contributed by atoms with van der Waals surface area (Å²) in [6.45, 7) is 2.62. The Kier molecular flexibility index (Phi) is 5.78. The lowest BCUT2D eigenvalue weighted by atomic mass is 10.2. The first-order chi connectivity index (χ1) is 13.2. The number of nitrogens with zero attached hydrogens (tertiary/aromatic N) is 3. The fraction of sp³-hybridized carbons (Fsp3) is 0.158. The molecule has 3 aromatic rings. The Labute approximate surface area is 156 Å². The number of esters is 1. The van der Waals surface area contributed by atoms with E-state index in [1.54, 1.807) is 37.5 Å². The van der Waals surface area contributed by atoms with Crippen LogP contribution in [-0.2, 0) is 11.3 Å². The Bertz CT molecular complexity index is 917. The maximum Gasteiger partial charge on any atom is 0.338 e. The minimum absolute atomic E-state index is 0.321. The molecule has 1 aromatic carbocycles. The molecule has 0 aliphatic rings. The number of hydrogen-bond donors (Lipinski definition) is 3. The van der Waals surface area contributed by atoms with Gasteiger partial charge in [0.1, 0.15) is 12.0 Å². The summed E-state index contributed by atoms with van der Waals surface area (Å²) in [7, 11) is 0. The number of anilines is 4. The molecule has 0 amide bonds. The molecule has 3 rings (SSSR count). The molecule has 2 aromatic heterocycles. The second-order valence-electron chi connectivity index (χ2n) is 5.63. The lowest BCUT2D eigenvalue weighted by Crippen LogP contribution is -2.09. The summed E-state index contributed by atoms with van der Waals surface area (Å²) >= 11 is 0. The van der Waals surface area contributed by atoms with Crippen LogP contribution in [0.5, 0.6) is 0 Å². The van der Waals surface area contributed by atoms with E-state index >= 15 is 0 Å². The molecular formula is C19H20N6O2. The van der Waals surface area contributed by atoms with Crippen LogP contribution in [0.4, 0.5) is 23.0 Å². The van der Waals surface area contributed by atoms with Gasteiger partial charge in [0.15, 0.2) is 11.6 Å². The number of pyridine rings is 1. The molecular weight excluding hydrogens is 344 g/mol. The van der Waals surface area contributed by atoms with Gasteiger partial charge in [-0.25, -0.2) is 14.8 Å². The van der Waals surface area contributed by atoms with Crippen molar-refractivity contribution >= 4 is 29.0 Å². The van der Waals surface area contributed by atoms with E-state index in [9.17, 15) is 4.79 Å². The minimum atomic E-state index is -0.379. The number of benzene rings is 1. The standard InChI is InChI=1S/C19H20N6O2/c1-2-27-19(26)14-6-3-7-15(9-14)25-18-16(20)17(23-12-24-18)22-11-13-5-4-8-21-10-13/h3-10,12H,2,11,20H2,1H3,(H2,22,23,24,25). The lowest BCUT2D eigenvalue weighted by Gasteiger charge is -2.13. The van der Waals surface area contributed by atoms with Gasteiger partial charge in [-0.2, -0.15) is 0 Å². The molecule has 0 aliphatic carbocycles. The molecule has 138 valence electrons. The molecule has 0 fully saturated rings. The van der Waals surface area contributed by atoms with Gasteiger partial charge >= 0.3 is 5.97 Å². The molecule has 0 saturated carbocycles. The van der Waals surface area contributed by atoms with Crippen LogP contribution in [0.1, 0.15) is 22.8 Å². The maximum atomic E-state index is 11.9. The van der Waals surface area contributed by atoms with Crippen LogP contribution in [0.3, 0.4) is 0 Å². The summed E-state index contributed by atoms with van der Waals surface area (Å²) < 4.78 is 5.02. The van der Waals surface area contributed by atoms with Crippen molar-refractivity contribution in [2.45, 2.75) is 13.5 Å². The third-order valence-electron chi connectivity index (χ3n) is 3.70. The van der Waals surface area contributed by atoms with Crippen molar-refractivity contribution in [3.63, 3.8) is 0 Å². The number of aromatic nitrogens is 3. The SMILES string of the molecule is CCOC(=O)c1cccc(Nc2ncnc(NCc3cccnc3)c2N)c1. The van der Waals surface area contributed by atoms with Crippen LogP contribution in [0.25, 0.3) is 0 Å². The largest absolute Gasteiger partial charge is 0.462 e. The summed E-state index contributed by atoms with van der Waals surface area (Å²) in [5.74, 6) is 0.577. The number of carbonyl (C=O) groups is 1. The molecule has 0 saturated heterocycles. The van der Waals surface area contributed by atoms with Gasteiger partial charge in [-0.1, -0.05) is 12.1 Å². The molecule has 2 heterocycles. The average Bonchev–Trinajstić information content (AvgIpc) is 2.70. The molecule has 0 bridgehead atoms. The first-order valence-corrected chi connectivity index (χ1v) is 8.45. The van der Waals surface area contributed by atoms with Crippen molar-refractivity contribution in [2.24, 2.45) is 0 Å². The Balaban J connectivity index is 1.74. The van der Waals surface area contributed by atoms with E-state index < -0.39 is 0 Å². The van der Waals surface area contributed by atoms with Crippen molar-refractivity contribution in [3.8, 4) is 0 Å². The van der Waals surface area contributed by atoms with Crippen molar-refractivity contribution in [1.29, 1.82) is 0 Å². The molecule has 0 atom stereocenters. The molecule has 0 unspecified atom stereocenters. The van der Waals surface area contributed by atoms with E-state index in [1.165, 1.54) is 6.33 Å². The Morgan fingerprint density at radius 1 is 1.19 bits per heavy atom. The van der Waals surface area contributed by atoms with Gasteiger partial charge in [0, 0.05) is 24.6 Å². The van der Waals surface area contributed by atoms with E-state index in [0.29, 0.717) is 41.7 Å². The summed E-state index contributed by atoms with van der Waals surface area (Å²) in [5.41, 5.74) is 8.69. The van der Waals surface area contributed by atoms with Gasteiger partial charge in [-0.05, 0) is 36.8 Å². The zero-order valence-corrected chi connectivity index (χ0v) is 14.8. The Morgan fingerprint density at radius 3 is 2.81 bits per heavy atom. The predicted octanol–water partition coefficient (Wildman–Crippen LogP) is 2.99. The maximum absolute atomic E-state index is 11.9. The van der Waals surface area contributed by atoms with Gasteiger partial charge in [0.25, 0.3) is 0 Å². The highest BCUT2D eigenvalue weighted by atomic mass is 16.5.